The standard InChI is InChI=1S/C46H28BNO2S/c1-4-13-29(14-5-1)30-23-24-36-41(25-30)49-39-21-12-22-40-46(39)47(36)37-27-43-35(26-42(37)50-40)45-34-20-11-10-19-33(34)38(28-44(45)51-43)48(31-15-6-2-7-16-31)32-17-8-3-9-18-32/h1-28H. The Morgan fingerprint density at radius 2 is 1.06 bits per heavy atom. The second-order valence-corrected chi connectivity index (χ2v) is 14.3. The summed E-state index contributed by atoms with van der Waals surface area (Å²) in [6, 6.07) is 60.5. The molecule has 11 rings (SSSR count). The maximum absolute atomic E-state index is 6.76. The minimum atomic E-state index is 0.00194. The molecular weight excluding hydrogens is 641 g/mol. The smallest absolute Gasteiger partial charge is 0.260 e. The summed E-state index contributed by atoms with van der Waals surface area (Å²) in [4.78, 5) is 2.38. The number of hydrogen-bond donors (Lipinski definition) is 0. The highest BCUT2D eigenvalue weighted by atomic mass is 32.1. The lowest BCUT2D eigenvalue weighted by Gasteiger charge is -2.33. The van der Waals surface area contributed by atoms with Gasteiger partial charge in [-0.05, 0) is 88.1 Å². The average molecular weight is 670 g/mol. The van der Waals surface area contributed by atoms with Gasteiger partial charge in [-0.2, -0.15) is 0 Å². The monoisotopic (exact) mass is 669 g/mol. The maximum atomic E-state index is 6.76. The molecule has 0 aliphatic carbocycles. The highest BCUT2D eigenvalue weighted by molar-refractivity contribution is 7.26. The molecule has 0 N–H and O–H groups in total. The van der Waals surface area contributed by atoms with Crippen LogP contribution in [0.4, 0.5) is 17.1 Å². The van der Waals surface area contributed by atoms with Crippen LogP contribution in [-0.4, -0.2) is 6.71 Å². The third-order valence-electron chi connectivity index (χ3n) is 10.4. The van der Waals surface area contributed by atoms with Gasteiger partial charge in [-0.25, -0.2) is 0 Å². The fraction of sp³-hybridized carbons (Fsp3) is 0. The van der Waals surface area contributed by atoms with Gasteiger partial charge in [0.2, 0.25) is 0 Å². The van der Waals surface area contributed by atoms with Crippen molar-refractivity contribution >= 4 is 82.4 Å². The lowest BCUT2D eigenvalue weighted by Crippen LogP contribution is -2.57. The van der Waals surface area contributed by atoms with E-state index >= 15 is 0 Å². The summed E-state index contributed by atoms with van der Waals surface area (Å²) in [5.74, 6) is 3.51. The lowest BCUT2D eigenvalue weighted by molar-refractivity contribution is 0.465. The van der Waals surface area contributed by atoms with Crippen molar-refractivity contribution in [1.82, 2.24) is 0 Å². The Balaban J connectivity index is 1.13. The molecule has 0 unspecified atom stereocenters. The number of nitrogens with zero attached hydrogens (tertiary/aromatic N) is 1. The highest BCUT2D eigenvalue weighted by Gasteiger charge is 2.40. The first-order chi connectivity index (χ1) is 25.3. The molecule has 8 aromatic carbocycles. The van der Waals surface area contributed by atoms with Crippen LogP contribution in [0.25, 0.3) is 42.1 Å². The third-order valence-corrected chi connectivity index (χ3v) is 11.5. The van der Waals surface area contributed by atoms with Gasteiger partial charge in [0.05, 0.1) is 5.69 Å². The summed E-state index contributed by atoms with van der Waals surface area (Å²) in [6.45, 7) is 0.00194. The highest BCUT2D eigenvalue weighted by Crippen LogP contribution is 2.47. The fourth-order valence-electron chi connectivity index (χ4n) is 8.12. The van der Waals surface area contributed by atoms with Crippen LogP contribution in [0.5, 0.6) is 23.0 Å². The first kappa shape index (κ1) is 28.5. The molecule has 0 atom stereocenters. The van der Waals surface area contributed by atoms with Gasteiger partial charge in [0.15, 0.2) is 0 Å². The van der Waals surface area contributed by atoms with Gasteiger partial charge in [0.25, 0.3) is 6.71 Å². The number of para-hydroxylation sites is 2. The van der Waals surface area contributed by atoms with Gasteiger partial charge >= 0.3 is 0 Å². The Bertz CT molecular complexity index is 2780. The van der Waals surface area contributed by atoms with Crippen molar-refractivity contribution in [3.63, 3.8) is 0 Å². The lowest BCUT2D eigenvalue weighted by atomic mass is 9.35. The topological polar surface area (TPSA) is 21.7 Å². The Morgan fingerprint density at radius 3 is 1.76 bits per heavy atom. The van der Waals surface area contributed by atoms with Crippen molar-refractivity contribution in [3.8, 4) is 34.1 Å². The fourth-order valence-corrected chi connectivity index (χ4v) is 9.30. The van der Waals surface area contributed by atoms with Crippen LogP contribution in [0.2, 0.25) is 0 Å². The third kappa shape index (κ3) is 4.38. The number of rotatable bonds is 4. The molecule has 1 aromatic heterocycles. The average Bonchev–Trinajstić information content (AvgIpc) is 3.55. The van der Waals surface area contributed by atoms with Crippen LogP contribution in [0.3, 0.4) is 0 Å². The van der Waals surface area contributed by atoms with E-state index in [1.807, 2.05) is 17.4 Å². The van der Waals surface area contributed by atoms with Gasteiger partial charge < -0.3 is 14.4 Å². The molecule has 2 aliphatic heterocycles. The van der Waals surface area contributed by atoms with Gasteiger partial charge in [0, 0.05) is 42.4 Å². The summed E-state index contributed by atoms with van der Waals surface area (Å²) >= 11 is 1.85. The van der Waals surface area contributed by atoms with Gasteiger partial charge in [-0.3, -0.25) is 0 Å². The normalized spacial score (nSPS) is 12.6. The summed E-state index contributed by atoms with van der Waals surface area (Å²) in [5, 5.41) is 4.92. The first-order valence-electron chi connectivity index (χ1n) is 17.3. The zero-order valence-electron chi connectivity index (χ0n) is 27.4. The van der Waals surface area contributed by atoms with Gasteiger partial charge in [-0.15, -0.1) is 11.3 Å². The van der Waals surface area contributed by atoms with Crippen LogP contribution in [0, 0.1) is 0 Å². The molecule has 0 saturated heterocycles. The maximum Gasteiger partial charge on any atom is 0.260 e. The van der Waals surface area contributed by atoms with E-state index in [0.717, 1.165) is 56.5 Å². The van der Waals surface area contributed by atoms with Gasteiger partial charge in [-0.1, -0.05) is 109 Å². The first-order valence-corrected chi connectivity index (χ1v) is 18.1. The minimum Gasteiger partial charge on any atom is -0.458 e. The number of thiophene rings is 1. The van der Waals surface area contributed by atoms with Crippen LogP contribution in [-0.2, 0) is 0 Å². The van der Waals surface area contributed by atoms with E-state index in [9.17, 15) is 0 Å². The molecule has 238 valence electrons. The summed E-state index contributed by atoms with van der Waals surface area (Å²) in [6.07, 6.45) is 0. The Morgan fingerprint density at radius 1 is 0.431 bits per heavy atom. The Labute approximate surface area is 299 Å². The molecule has 2 aliphatic rings. The molecule has 0 radical (unpaired) electrons. The van der Waals surface area contributed by atoms with Crippen LogP contribution < -0.4 is 30.8 Å². The number of benzene rings is 8. The molecule has 51 heavy (non-hydrogen) atoms. The van der Waals surface area contributed by atoms with Crippen molar-refractivity contribution < 1.29 is 9.47 Å². The van der Waals surface area contributed by atoms with Crippen molar-refractivity contribution in [1.29, 1.82) is 0 Å². The van der Waals surface area contributed by atoms with Crippen LogP contribution >= 0.6 is 11.3 Å². The van der Waals surface area contributed by atoms with E-state index in [1.165, 1.54) is 42.0 Å². The summed E-state index contributed by atoms with van der Waals surface area (Å²) in [5.41, 5.74) is 9.16. The molecule has 0 bridgehead atoms. The number of fused-ring (bicyclic) bond motifs is 9. The molecular formula is C46H28BNO2S. The number of ether oxygens (including phenoxy) is 2. The molecule has 3 heterocycles. The number of hydrogen-bond acceptors (Lipinski definition) is 4. The Hall–Kier alpha value is -6.30. The van der Waals surface area contributed by atoms with Crippen molar-refractivity contribution in [2.45, 2.75) is 0 Å². The summed E-state index contributed by atoms with van der Waals surface area (Å²) in [7, 11) is 0. The second kappa shape index (κ2) is 11.1. The van der Waals surface area contributed by atoms with E-state index in [1.54, 1.807) is 0 Å². The quantitative estimate of drug-likeness (QED) is 0.174. The molecule has 5 heteroatoms. The predicted octanol–water partition coefficient (Wildman–Crippen LogP) is 11.1. The molecule has 9 aromatic rings. The Kier molecular flexibility index (Phi) is 6.22. The predicted molar refractivity (Wildman–Crippen MR) is 215 cm³/mol. The van der Waals surface area contributed by atoms with E-state index in [4.69, 9.17) is 9.47 Å². The molecule has 0 amide bonds. The van der Waals surface area contributed by atoms with Crippen molar-refractivity contribution in [3.05, 3.63) is 170 Å². The van der Waals surface area contributed by atoms with E-state index in [-0.39, 0.29) is 6.71 Å². The summed E-state index contributed by atoms with van der Waals surface area (Å²) < 4.78 is 15.9. The molecule has 0 fully saturated rings. The van der Waals surface area contributed by atoms with Gasteiger partial charge in [0.1, 0.15) is 23.0 Å². The molecule has 0 spiro atoms. The second-order valence-electron chi connectivity index (χ2n) is 13.2. The molecule has 0 saturated carbocycles. The van der Waals surface area contributed by atoms with Crippen molar-refractivity contribution in [2.24, 2.45) is 0 Å². The molecule has 3 nitrogen and oxygen atoms in total. The minimum absolute atomic E-state index is 0.00194. The largest absolute Gasteiger partial charge is 0.458 e. The SMILES string of the molecule is c1ccc(-c2ccc3c(c2)Oc2cccc4c2B3c2cc3sc5cc(N(c6ccccc6)c6ccccc6)c6ccccc6c5c3cc2O4)cc1. The van der Waals surface area contributed by atoms with E-state index in [0.29, 0.717) is 0 Å². The van der Waals surface area contributed by atoms with E-state index < -0.39 is 0 Å². The number of anilines is 3. The zero-order valence-corrected chi connectivity index (χ0v) is 28.2. The van der Waals surface area contributed by atoms with Crippen molar-refractivity contribution in [2.75, 3.05) is 4.90 Å². The zero-order chi connectivity index (χ0) is 33.5. The van der Waals surface area contributed by atoms with E-state index in [2.05, 4.69) is 169 Å². The van der Waals surface area contributed by atoms with Crippen LogP contribution in [0.1, 0.15) is 0 Å². The van der Waals surface area contributed by atoms with Crippen LogP contribution in [0.15, 0.2) is 170 Å².